The van der Waals surface area contributed by atoms with E-state index in [-0.39, 0.29) is 0 Å². The molecular weight excluding hydrogens is 360 g/mol. The van der Waals surface area contributed by atoms with E-state index < -0.39 is 5.97 Å². The lowest BCUT2D eigenvalue weighted by atomic mass is 10.0. The summed E-state index contributed by atoms with van der Waals surface area (Å²) in [6.07, 6.45) is 2.13. The van der Waals surface area contributed by atoms with Crippen molar-refractivity contribution in [3.63, 3.8) is 0 Å². The number of nitrogens with zero attached hydrogens (tertiary/aromatic N) is 2. The molecule has 0 amide bonds. The normalized spacial score (nSPS) is 15.9. The lowest BCUT2D eigenvalue weighted by molar-refractivity contribution is 0.0697. The van der Waals surface area contributed by atoms with Crippen molar-refractivity contribution >= 4 is 27.8 Å². The highest BCUT2D eigenvalue weighted by atomic mass is 16.4. The first-order valence-electron chi connectivity index (χ1n) is 10.2. The van der Waals surface area contributed by atoms with Crippen LogP contribution in [0.3, 0.4) is 0 Å². The van der Waals surface area contributed by atoms with Gasteiger partial charge in [-0.3, -0.25) is 4.90 Å². The van der Waals surface area contributed by atoms with Crippen molar-refractivity contribution in [2.75, 3.05) is 13.1 Å². The summed E-state index contributed by atoms with van der Waals surface area (Å²) in [6.45, 7) is 3.09. The van der Waals surface area contributed by atoms with Crippen molar-refractivity contribution < 1.29 is 9.90 Å². The number of carboxylic acids is 1. The fraction of sp³-hybridized carbons (Fsp3) is 0.240. The van der Waals surface area contributed by atoms with E-state index in [0.717, 1.165) is 43.4 Å². The Balaban J connectivity index is 1.48. The molecule has 0 unspecified atom stereocenters. The Bertz CT molecular complexity index is 1170. The Labute approximate surface area is 170 Å². The molecule has 0 radical (unpaired) electrons. The molecule has 0 atom stereocenters. The number of aromatic carboxylic acids is 1. The van der Waals surface area contributed by atoms with Crippen LogP contribution in [0.15, 0.2) is 72.8 Å². The standard InChI is InChI=1S/C25H24N2O2/c28-25(29)19-10-11-22-21-8-4-5-9-23(21)27(24(22)16-19)20-12-14-26(15-13-20)17-18-6-2-1-3-7-18/h1-11,16,20H,12-15,17H2,(H,28,29). The monoisotopic (exact) mass is 384 g/mol. The second kappa shape index (κ2) is 7.37. The molecule has 2 heterocycles. The number of hydrogen-bond acceptors (Lipinski definition) is 2. The Morgan fingerprint density at radius 3 is 2.31 bits per heavy atom. The van der Waals surface area contributed by atoms with Crippen LogP contribution in [0.1, 0.15) is 34.8 Å². The molecule has 29 heavy (non-hydrogen) atoms. The highest BCUT2D eigenvalue weighted by molar-refractivity contribution is 6.09. The molecule has 5 rings (SSSR count). The Kier molecular flexibility index (Phi) is 4.57. The third-order valence-corrected chi connectivity index (χ3v) is 6.13. The maximum absolute atomic E-state index is 11.5. The lowest BCUT2D eigenvalue weighted by Gasteiger charge is -2.33. The van der Waals surface area contributed by atoms with Crippen molar-refractivity contribution in [3.05, 3.63) is 83.9 Å². The molecule has 0 bridgehead atoms. The number of likely N-dealkylation sites (tertiary alicyclic amines) is 1. The number of piperidine rings is 1. The number of hydrogen-bond donors (Lipinski definition) is 1. The van der Waals surface area contributed by atoms with Crippen molar-refractivity contribution in [2.45, 2.75) is 25.4 Å². The predicted molar refractivity (Wildman–Crippen MR) is 116 cm³/mol. The topological polar surface area (TPSA) is 45.5 Å². The largest absolute Gasteiger partial charge is 0.478 e. The zero-order valence-corrected chi connectivity index (χ0v) is 16.3. The first-order valence-corrected chi connectivity index (χ1v) is 10.2. The Morgan fingerprint density at radius 1 is 0.862 bits per heavy atom. The van der Waals surface area contributed by atoms with Crippen LogP contribution in [0.4, 0.5) is 0 Å². The highest BCUT2D eigenvalue weighted by Crippen LogP contribution is 2.36. The Morgan fingerprint density at radius 2 is 1.55 bits per heavy atom. The zero-order chi connectivity index (χ0) is 19.8. The molecule has 1 N–H and O–H groups in total. The fourth-order valence-corrected chi connectivity index (χ4v) is 4.70. The van der Waals surface area contributed by atoms with E-state index in [0.29, 0.717) is 11.6 Å². The summed E-state index contributed by atoms with van der Waals surface area (Å²) in [5.41, 5.74) is 3.94. The van der Waals surface area contributed by atoms with Gasteiger partial charge >= 0.3 is 5.97 Å². The molecule has 1 aliphatic rings. The smallest absolute Gasteiger partial charge is 0.335 e. The second-order valence-corrected chi connectivity index (χ2v) is 7.92. The van der Waals surface area contributed by atoms with Gasteiger partial charge in [-0.2, -0.15) is 0 Å². The average molecular weight is 384 g/mol. The predicted octanol–water partition coefficient (Wildman–Crippen LogP) is 5.33. The van der Waals surface area contributed by atoms with Gasteiger partial charge in [-0.05, 0) is 36.6 Å². The van der Waals surface area contributed by atoms with Crippen LogP contribution >= 0.6 is 0 Å². The minimum atomic E-state index is -0.874. The summed E-state index contributed by atoms with van der Waals surface area (Å²) in [4.78, 5) is 14.1. The molecule has 0 saturated carbocycles. The first-order chi connectivity index (χ1) is 14.2. The van der Waals surface area contributed by atoms with E-state index in [9.17, 15) is 9.90 Å². The fourth-order valence-electron chi connectivity index (χ4n) is 4.70. The number of carboxylic acid groups (broad SMARTS) is 1. The molecule has 0 aliphatic carbocycles. The van der Waals surface area contributed by atoms with Crippen molar-refractivity contribution in [1.29, 1.82) is 0 Å². The molecule has 0 spiro atoms. The van der Waals surface area contributed by atoms with E-state index in [2.05, 4.69) is 64.1 Å². The van der Waals surface area contributed by atoms with E-state index in [1.165, 1.54) is 16.5 Å². The summed E-state index contributed by atoms with van der Waals surface area (Å²) in [5.74, 6) is -0.874. The van der Waals surface area contributed by atoms with Crippen molar-refractivity contribution in [1.82, 2.24) is 9.47 Å². The van der Waals surface area contributed by atoms with E-state index in [1.54, 1.807) is 6.07 Å². The molecule has 4 nitrogen and oxygen atoms in total. The molecule has 1 aromatic heterocycles. The minimum absolute atomic E-state index is 0.350. The van der Waals surface area contributed by atoms with Gasteiger partial charge < -0.3 is 9.67 Å². The summed E-state index contributed by atoms with van der Waals surface area (Å²) < 4.78 is 2.39. The molecule has 3 aromatic carbocycles. The van der Waals surface area contributed by atoms with Gasteiger partial charge in [0.05, 0.1) is 11.1 Å². The van der Waals surface area contributed by atoms with Crippen LogP contribution in [-0.4, -0.2) is 33.6 Å². The van der Waals surface area contributed by atoms with Gasteiger partial charge in [-0.1, -0.05) is 54.6 Å². The van der Waals surface area contributed by atoms with Crippen molar-refractivity contribution in [3.8, 4) is 0 Å². The van der Waals surface area contributed by atoms with Crippen LogP contribution in [0, 0.1) is 0 Å². The maximum atomic E-state index is 11.5. The number of aromatic nitrogens is 1. The van der Waals surface area contributed by atoms with Crippen molar-refractivity contribution in [2.24, 2.45) is 0 Å². The van der Waals surface area contributed by atoms with Gasteiger partial charge in [-0.25, -0.2) is 4.79 Å². The first kappa shape index (κ1) is 18.0. The van der Waals surface area contributed by atoms with E-state index in [1.807, 2.05) is 12.1 Å². The highest BCUT2D eigenvalue weighted by Gasteiger charge is 2.24. The molecular formula is C25H24N2O2. The van der Waals surface area contributed by atoms with Gasteiger partial charge in [0.15, 0.2) is 0 Å². The van der Waals surface area contributed by atoms with Crippen LogP contribution in [0.2, 0.25) is 0 Å². The van der Waals surface area contributed by atoms with E-state index in [4.69, 9.17) is 0 Å². The molecule has 1 saturated heterocycles. The van der Waals surface area contributed by atoms with Gasteiger partial charge in [0.1, 0.15) is 0 Å². The quantitative estimate of drug-likeness (QED) is 0.517. The number of benzene rings is 3. The van der Waals surface area contributed by atoms with Gasteiger partial charge in [0, 0.05) is 42.0 Å². The van der Waals surface area contributed by atoms with Gasteiger partial charge in [-0.15, -0.1) is 0 Å². The SMILES string of the molecule is O=C(O)c1ccc2c3ccccc3n(C3CCN(Cc4ccccc4)CC3)c2c1. The summed E-state index contributed by atoms with van der Waals surface area (Å²) in [6, 6.07) is 24.9. The van der Waals surface area contributed by atoms with Crippen LogP contribution in [0.25, 0.3) is 21.8 Å². The molecule has 1 fully saturated rings. The number of carbonyl (C=O) groups is 1. The number of fused-ring (bicyclic) bond motifs is 3. The van der Waals surface area contributed by atoms with Gasteiger partial charge in [0.25, 0.3) is 0 Å². The molecule has 4 heteroatoms. The third kappa shape index (κ3) is 3.30. The zero-order valence-electron chi connectivity index (χ0n) is 16.3. The summed E-state index contributed by atoms with van der Waals surface area (Å²) in [7, 11) is 0. The minimum Gasteiger partial charge on any atom is -0.478 e. The van der Waals surface area contributed by atoms with E-state index >= 15 is 0 Å². The second-order valence-electron chi connectivity index (χ2n) is 7.92. The van der Waals surface area contributed by atoms with Crippen LogP contribution in [-0.2, 0) is 6.54 Å². The van der Waals surface area contributed by atoms with Crippen LogP contribution < -0.4 is 0 Å². The molecule has 146 valence electrons. The summed E-state index contributed by atoms with van der Waals surface area (Å²) >= 11 is 0. The third-order valence-electron chi connectivity index (χ3n) is 6.13. The van der Waals surface area contributed by atoms with Gasteiger partial charge in [0.2, 0.25) is 0 Å². The summed E-state index contributed by atoms with van der Waals surface area (Å²) in [5, 5.41) is 11.8. The maximum Gasteiger partial charge on any atom is 0.335 e. The lowest BCUT2D eigenvalue weighted by Crippen LogP contribution is -2.34. The molecule has 4 aromatic rings. The number of rotatable bonds is 4. The average Bonchev–Trinajstić information content (AvgIpc) is 3.09. The van der Waals surface area contributed by atoms with Crippen LogP contribution in [0.5, 0.6) is 0 Å². The molecule has 1 aliphatic heterocycles. The number of para-hydroxylation sites is 1. The Hall–Kier alpha value is -3.11.